The lowest BCUT2D eigenvalue weighted by Gasteiger charge is -2.22. The van der Waals surface area contributed by atoms with E-state index in [1.807, 2.05) is 187 Å². The first-order valence-corrected chi connectivity index (χ1v) is 52.2. The quantitative estimate of drug-likeness (QED) is 0.00412. The molecular formula is C109H163BI4N6O21. The Morgan fingerprint density at radius 1 is 0.461 bits per heavy atom. The zero-order valence-corrected chi connectivity index (χ0v) is 92.0. The number of nitriles is 1. The molecule has 9 atom stereocenters. The second-order valence-corrected chi connectivity index (χ2v) is 42.4. The minimum absolute atomic E-state index is 0. The molecule has 0 bridgehead atoms. The molecule has 4 fully saturated rings. The maximum Gasteiger partial charge on any atom is 0.519 e. The lowest BCUT2D eigenvalue weighted by atomic mass is 9.88. The predicted molar refractivity (Wildman–Crippen MR) is 596 cm³/mol. The highest BCUT2D eigenvalue weighted by Crippen LogP contribution is 2.28. The van der Waals surface area contributed by atoms with Gasteiger partial charge >= 0.3 is 31.5 Å². The van der Waals surface area contributed by atoms with E-state index in [1.165, 1.54) is 62.5 Å². The largest absolute Gasteiger partial charge is 0.519 e. The summed E-state index contributed by atoms with van der Waals surface area (Å²) in [5.74, 6) is 6.29. The highest BCUT2D eigenvalue weighted by atomic mass is 127. The first-order chi connectivity index (χ1) is 65.8. The van der Waals surface area contributed by atoms with Crippen molar-refractivity contribution in [1.82, 2.24) is 15.9 Å². The number of carbonyl (C=O) groups is 5. The van der Waals surface area contributed by atoms with Crippen LogP contribution in [0.5, 0.6) is 0 Å². The first kappa shape index (κ1) is 132. The zero-order chi connectivity index (χ0) is 103. The Bertz CT molecular complexity index is 4680. The van der Waals surface area contributed by atoms with E-state index in [0.717, 1.165) is 143 Å². The van der Waals surface area contributed by atoms with E-state index in [2.05, 4.69) is 147 Å². The van der Waals surface area contributed by atoms with Gasteiger partial charge in [-0.15, -0.1) is 0 Å². The number of benzene rings is 7. The lowest BCUT2D eigenvalue weighted by Crippen LogP contribution is -2.33. The molecule has 7 aromatic rings. The third-order valence-corrected chi connectivity index (χ3v) is 22.9. The Hall–Kier alpha value is -7.04. The molecule has 4 aliphatic heterocycles. The third-order valence-electron chi connectivity index (χ3n) is 20.2. The molecule has 7 aromatic carbocycles. The molecule has 4 saturated heterocycles. The van der Waals surface area contributed by atoms with E-state index in [4.69, 9.17) is 59.6 Å². The normalized spacial score (nSPS) is 15.9. The molecule has 0 aromatic heterocycles. The number of nitrogens with two attached hydrogens (primary N) is 2. The molecule has 4 heterocycles. The average Bonchev–Trinajstić information content (AvgIpc) is 1.05. The summed E-state index contributed by atoms with van der Waals surface area (Å²) in [4.78, 5) is 55.2. The van der Waals surface area contributed by atoms with E-state index in [9.17, 15) is 54.6 Å². The number of hydrogen-bond donors (Lipinski definition) is 12. The average molecular weight is 2410 g/mol. The van der Waals surface area contributed by atoms with E-state index < -0.39 is 90.6 Å². The number of hydrogen-bond acceptors (Lipinski definition) is 25. The van der Waals surface area contributed by atoms with Crippen molar-refractivity contribution in [3.8, 4) is 17.9 Å². The second kappa shape index (κ2) is 74.8. The molecule has 0 spiro atoms. The molecule has 2 amide bonds. The fourth-order valence-electron chi connectivity index (χ4n) is 13.4. The topological polar surface area (TPSA) is 422 Å². The molecule has 4 aliphatic rings. The molecule has 0 aliphatic carbocycles. The van der Waals surface area contributed by atoms with Crippen LogP contribution in [0.25, 0.3) is 0 Å². The highest BCUT2D eigenvalue weighted by molar-refractivity contribution is 14.1. The van der Waals surface area contributed by atoms with E-state index in [-0.39, 0.29) is 28.8 Å². The smallest absolute Gasteiger partial charge is 0.444 e. The Kier molecular flexibility index (Phi) is 70.0. The Morgan fingerprint density at radius 3 is 1.14 bits per heavy atom. The highest BCUT2D eigenvalue weighted by Gasteiger charge is 2.26. The number of halogens is 4. The summed E-state index contributed by atoms with van der Waals surface area (Å²) in [6.45, 7) is 29.5. The van der Waals surface area contributed by atoms with Gasteiger partial charge in [-0.3, -0.25) is 4.79 Å². The van der Waals surface area contributed by atoms with Crippen LogP contribution in [0.15, 0.2) is 170 Å². The van der Waals surface area contributed by atoms with E-state index in [1.54, 1.807) is 54.4 Å². The van der Waals surface area contributed by atoms with Gasteiger partial charge in [-0.2, -0.15) is 5.26 Å². The molecule has 14 N–H and O–H groups in total. The van der Waals surface area contributed by atoms with Crippen LogP contribution in [0.4, 0.5) is 19.2 Å². The standard InChI is InChI=1S/C21H29NO4.C17H28BNO3.C16H25NO2.C14H20INO3.C10H18O5.C9H12INO.C9H8INO.C7H5IO.C4H8O.2CH4.H2/c1-21(2,3)26-20(24)22-13-12-19(23)17-8-6-7-16(15-17)10-11-18-9-4-5-14-25-18;1-18(21)19-11-10-17(20)15-6-4-5-14(13-15)8-9-16-7-2-3-12-22-16;17-10-9-16(18)14-5-3-4-13(12-14)7-8-15-6-1-2-11-19-15;1-14(2,3)19-13(18)16-8-7-12(17)10-5-4-6-11(15)9-10;1-9(2,3)14-7(11)13-8(12)15-10(4,5)6;2*10-8-3-1-2-7(6-8)9(12)4-5-11;8-7-3-1-2-6(4-7)5-9;1-2-4-5-3-1;;;/h6-8,15,18-19,23H,4-5,9,12-14H2,1-3H3,(H,22,24);4-6,13,16-17,19-21H,2-3,7-12H2,1H3;3-5,12,15-16,18H,1-2,6-11,17H2;4-6,9,12,17H,7-8H2,1-3H3,(H,16,18);1-6H3;1-3,6,9,12H,4-5,11H2;1-3,6,9,12H,4H2;1-5H;1-4H2;2*1H4;1H. The van der Waals surface area contributed by atoms with Crippen molar-refractivity contribution < 1.29 is 104 Å². The van der Waals surface area contributed by atoms with Crippen molar-refractivity contribution in [2.24, 2.45) is 11.5 Å². The van der Waals surface area contributed by atoms with Crippen LogP contribution in [0, 0.1) is 37.5 Å². The number of rotatable bonds is 28. The summed E-state index contributed by atoms with van der Waals surface area (Å²) in [6.07, 6.45) is 15.5. The molecule has 141 heavy (non-hydrogen) atoms. The number of aryl methyl sites for hydroxylation is 2. The summed E-state index contributed by atoms with van der Waals surface area (Å²) in [6, 6.07) is 56.4. The number of ether oxygens (including phenoxy) is 9. The van der Waals surface area contributed by atoms with Crippen molar-refractivity contribution in [3.05, 3.63) is 240 Å². The summed E-state index contributed by atoms with van der Waals surface area (Å²) in [5.41, 5.74) is 17.9. The monoisotopic (exact) mass is 2410 g/mol. The summed E-state index contributed by atoms with van der Waals surface area (Å²) in [5, 5.41) is 85.2. The number of carbonyl (C=O) groups excluding carboxylic acids is 5. The fraction of sp³-hybridized carbons (Fsp3) is 0.541. The lowest BCUT2D eigenvalue weighted by molar-refractivity contribution is -0.0295. The number of amides is 2. The number of aldehydes is 1. The van der Waals surface area contributed by atoms with Gasteiger partial charge in [-0.25, -0.2) is 19.2 Å². The molecule has 0 radical (unpaired) electrons. The number of aliphatic hydroxyl groups excluding tert-OH is 6. The SMILES string of the molecule is C.C.C1CCOC1.CB(O)NCCC(O)c1cccc(CCC2CCCCO2)c1.CC(C)(C)OC(=O)NCCC(O)c1cccc(C#CC2CCCCO2)c1.CC(C)(C)OC(=O)NCCC(O)c1cccc(I)c1.CC(C)(C)OC(=O)OC(=O)OC(C)(C)C.N#CCC(O)c1cccc(I)c1.NCCC(O)c1cccc(CCC2CCCCO2)c1.NCCC(O)c1cccc(I)c1.O=Cc1cccc(I)c1.[HH]. The molecular weight excluding hydrogens is 2250 g/mol. The molecule has 786 valence electrons. The number of nitrogens with zero attached hydrogens (tertiary/aromatic N) is 1. The number of alkyl carbamates (subject to hydrolysis) is 2. The van der Waals surface area contributed by atoms with Crippen LogP contribution in [0.2, 0.25) is 6.82 Å². The minimum atomic E-state index is -1.06. The van der Waals surface area contributed by atoms with Gasteiger partial charge in [0.25, 0.3) is 0 Å². The van der Waals surface area contributed by atoms with E-state index >= 15 is 0 Å². The van der Waals surface area contributed by atoms with Crippen molar-refractivity contribution in [3.63, 3.8) is 0 Å². The maximum absolute atomic E-state index is 11.6. The van der Waals surface area contributed by atoms with Gasteiger partial charge in [0.05, 0.1) is 61.3 Å². The summed E-state index contributed by atoms with van der Waals surface area (Å²) in [7, 11) is -0.533. The van der Waals surface area contributed by atoms with E-state index in [0.29, 0.717) is 77.0 Å². The van der Waals surface area contributed by atoms with Crippen molar-refractivity contribution in [2.75, 3.05) is 65.8 Å². The Balaban J connectivity index is 0.00000161. The summed E-state index contributed by atoms with van der Waals surface area (Å²) >= 11 is 8.77. The van der Waals surface area contributed by atoms with Gasteiger partial charge in [0, 0.05) is 73.0 Å². The molecule has 27 nitrogen and oxygen atoms in total. The first-order valence-electron chi connectivity index (χ1n) is 47.9. The number of nitrogens with one attached hydrogen (secondary N) is 3. The Labute approximate surface area is 897 Å². The van der Waals surface area contributed by atoms with Gasteiger partial charge < -0.3 is 106 Å². The molecule has 11 rings (SSSR count). The van der Waals surface area contributed by atoms with Crippen LogP contribution in [-0.2, 0) is 55.5 Å². The fourth-order valence-corrected chi connectivity index (χ4v) is 15.6. The molecule has 9 unspecified atom stereocenters. The number of aliphatic hydroxyl groups is 6. The predicted octanol–water partition coefficient (Wildman–Crippen LogP) is 22.9. The van der Waals surface area contributed by atoms with Gasteiger partial charge in [0.1, 0.15) is 34.8 Å². The van der Waals surface area contributed by atoms with Crippen LogP contribution in [-0.4, -0.2) is 180 Å². The molecule has 32 heteroatoms. The van der Waals surface area contributed by atoms with Crippen LogP contribution < -0.4 is 27.3 Å². The van der Waals surface area contributed by atoms with Gasteiger partial charge in [0.2, 0.25) is 0 Å². The maximum atomic E-state index is 11.6. The molecule has 0 saturated carbocycles. The Morgan fingerprint density at radius 2 is 0.809 bits per heavy atom. The van der Waals surface area contributed by atoms with Crippen LogP contribution in [0.1, 0.15) is 318 Å². The van der Waals surface area contributed by atoms with Crippen LogP contribution >= 0.6 is 90.4 Å². The minimum Gasteiger partial charge on any atom is -0.444 e. The van der Waals surface area contributed by atoms with Crippen molar-refractivity contribution in [1.29, 1.82) is 5.26 Å². The van der Waals surface area contributed by atoms with Gasteiger partial charge in [0.15, 0.2) is 0 Å². The van der Waals surface area contributed by atoms with Gasteiger partial charge in [-0.05, 0) is 433 Å². The summed E-state index contributed by atoms with van der Waals surface area (Å²) < 4.78 is 50.5. The third kappa shape index (κ3) is 67.4. The van der Waals surface area contributed by atoms with Crippen LogP contribution in [0.3, 0.4) is 0 Å². The zero-order valence-electron chi connectivity index (χ0n) is 83.4. The van der Waals surface area contributed by atoms with Gasteiger partial charge in [-0.1, -0.05) is 136 Å². The second-order valence-electron chi connectivity index (χ2n) is 37.4. The van der Waals surface area contributed by atoms with Crippen molar-refractivity contribution >= 4 is 128 Å². The van der Waals surface area contributed by atoms with Crippen molar-refractivity contribution in [2.45, 2.75) is 317 Å².